The van der Waals surface area contributed by atoms with Gasteiger partial charge in [0.2, 0.25) is 5.91 Å². The Morgan fingerprint density at radius 1 is 1.24 bits per heavy atom. The molecule has 0 atom stereocenters. The predicted octanol–water partition coefficient (Wildman–Crippen LogP) is 1.83. The van der Waals surface area contributed by atoms with Gasteiger partial charge >= 0.3 is 0 Å². The van der Waals surface area contributed by atoms with E-state index in [-0.39, 0.29) is 17.6 Å². The second-order valence-electron chi connectivity index (χ2n) is 5.45. The van der Waals surface area contributed by atoms with Gasteiger partial charge in [0.1, 0.15) is 5.75 Å². The Balaban J connectivity index is 1.78. The highest BCUT2D eigenvalue weighted by atomic mass is 16.3. The molecule has 0 aromatic heterocycles. The molecule has 0 spiro atoms. The van der Waals surface area contributed by atoms with E-state index in [9.17, 15) is 14.7 Å². The maximum atomic E-state index is 11.9. The van der Waals surface area contributed by atoms with Crippen LogP contribution in [0.4, 0.5) is 0 Å². The zero-order valence-electron chi connectivity index (χ0n) is 12.4. The highest BCUT2D eigenvalue weighted by Gasteiger charge is 2.16. The van der Waals surface area contributed by atoms with Crippen molar-refractivity contribution in [2.24, 2.45) is 0 Å². The molecule has 1 aliphatic heterocycles. The molecule has 1 aliphatic rings. The Hall–Kier alpha value is -2.04. The summed E-state index contributed by atoms with van der Waals surface area (Å²) in [5.41, 5.74) is 1.13. The average Bonchev–Trinajstić information content (AvgIpc) is 2.50. The number of carbonyl (C=O) groups is 2. The Bertz CT molecular complexity index is 522. The number of piperidine rings is 1. The second-order valence-corrected chi connectivity index (χ2v) is 5.45. The summed E-state index contributed by atoms with van der Waals surface area (Å²) >= 11 is 0. The standard InChI is InChI=1S/C16H22N2O3/c1-12-5-6-13(11-14(12)19)16(21)17-8-7-15(20)18-9-3-2-4-10-18/h5-6,11,19H,2-4,7-10H2,1H3,(H,17,21). The molecular formula is C16H22N2O3. The van der Waals surface area contributed by atoms with Crippen molar-refractivity contribution in [3.63, 3.8) is 0 Å². The molecule has 1 aromatic rings. The van der Waals surface area contributed by atoms with Crippen molar-refractivity contribution in [2.45, 2.75) is 32.6 Å². The number of carbonyl (C=O) groups excluding carboxylic acids is 2. The number of likely N-dealkylation sites (tertiary alicyclic amines) is 1. The van der Waals surface area contributed by atoms with Crippen LogP contribution in [0, 0.1) is 6.92 Å². The summed E-state index contributed by atoms with van der Waals surface area (Å²) < 4.78 is 0. The molecule has 1 heterocycles. The first-order valence-electron chi connectivity index (χ1n) is 7.43. The fraction of sp³-hybridized carbons (Fsp3) is 0.500. The first-order chi connectivity index (χ1) is 10.1. The third-order valence-electron chi connectivity index (χ3n) is 3.80. The number of nitrogens with one attached hydrogen (secondary N) is 1. The summed E-state index contributed by atoms with van der Waals surface area (Å²) in [6.45, 7) is 3.76. The van der Waals surface area contributed by atoms with Crippen LogP contribution >= 0.6 is 0 Å². The van der Waals surface area contributed by atoms with E-state index < -0.39 is 0 Å². The molecule has 0 unspecified atom stereocenters. The lowest BCUT2D eigenvalue weighted by molar-refractivity contribution is -0.131. The molecule has 1 saturated heterocycles. The monoisotopic (exact) mass is 290 g/mol. The number of phenols is 1. The van der Waals surface area contributed by atoms with Gasteiger partial charge < -0.3 is 15.3 Å². The first kappa shape index (κ1) is 15.4. The van der Waals surface area contributed by atoms with Gasteiger partial charge in [0.25, 0.3) is 5.91 Å². The quantitative estimate of drug-likeness (QED) is 0.889. The van der Waals surface area contributed by atoms with Crippen LogP contribution in [-0.4, -0.2) is 41.5 Å². The van der Waals surface area contributed by atoms with Gasteiger partial charge in [-0.15, -0.1) is 0 Å². The first-order valence-corrected chi connectivity index (χ1v) is 7.43. The molecule has 0 saturated carbocycles. The lowest BCUT2D eigenvalue weighted by Gasteiger charge is -2.26. The Morgan fingerprint density at radius 2 is 1.95 bits per heavy atom. The van der Waals surface area contributed by atoms with E-state index in [2.05, 4.69) is 5.32 Å². The van der Waals surface area contributed by atoms with Crippen LogP contribution in [-0.2, 0) is 4.79 Å². The van der Waals surface area contributed by atoms with Gasteiger partial charge in [-0.2, -0.15) is 0 Å². The molecule has 5 heteroatoms. The van der Waals surface area contributed by atoms with E-state index in [1.807, 2.05) is 4.90 Å². The highest BCUT2D eigenvalue weighted by Crippen LogP contribution is 2.17. The van der Waals surface area contributed by atoms with Gasteiger partial charge in [-0.1, -0.05) is 6.07 Å². The summed E-state index contributed by atoms with van der Waals surface area (Å²) in [5, 5.41) is 12.3. The second kappa shape index (κ2) is 7.11. The Labute approximate surface area is 125 Å². The molecule has 1 fully saturated rings. The van der Waals surface area contributed by atoms with Crippen molar-refractivity contribution in [3.05, 3.63) is 29.3 Å². The van der Waals surface area contributed by atoms with E-state index in [1.165, 1.54) is 12.5 Å². The molecular weight excluding hydrogens is 268 g/mol. The lowest BCUT2D eigenvalue weighted by atomic mass is 10.1. The molecule has 2 amide bonds. The minimum Gasteiger partial charge on any atom is -0.508 e. The van der Waals surface area contributed by atoms with Crippen molar-refractivity contribution in [1.82, 2.24) is 10.2 Å². The number of hydrogen-bond donors (Lipinski definition) is 2. The van der Waals surface area contributed by atoms with Crippen LogP contribution in [0.25, 0.3) is 0 Å². The topological polar surface area (TPSA) is 69.6 Å². The van der Waals surface area contributed by atoms with E-state index in [0.717, 1.165) is 31.5 Å². The van der Waals surface area contributed by atoms with Gasteiger partial charge in [-0.3, -0.25) is 9.59 Å². The minimum atomic E-state index is -0.267. The van der Waals surface area contributed by atoms with Crippen molar-refractivity contribution < 1.29 is 14.7 Å². The van der Waals surface area contributed by atoms with Crippen LogP contribution < -0.4 is 5.32 Å². The third kappa shape index (κ3) is 4.21. The van der Waals surface area contributed by atoms with Crippen molar-refractivity contribution in [2.75, 3.05) is 19.6 Å². The van der Waals surface area contributed by atoms with Crippen LogP contribution in [0.15, 0.2) is 18.2 Å². The van der Waals surface area contributed by atoms with Crippen LogP contribution in [0.1, 0.15) is 41.6 Å². The highest BCUT2D eigenvalue weighted by molar-refractivity contribution is 5.94. The zero-order chi connectivity index (χ0) is 15.2. The molecule has 2 rings (SSSR count). The largest absolute Gasteiger partial charge is 0.508 e. The number of rotatable bonds is 4. The number of phenolic OH excluding ortho intramolecular Hbond substituents is 1. The lowest BCUT2D eigenvalue weighted by Crippen LogP contribution is -2.37. The number of benzene rings is 1. The van der Waals surface area contributed by atoms with Crippen LogP contribution in [0.5, 0.6) is 5.75 Å². The number of amides is 2. The molecule has 114 valence electrons. The molecule has 0 bridgehead atoms. The summed E-state index contributed by atoms with van der Waals surface area (Å²) in [5.74, 6) is -0.0643. The minimum absolute atomic E-state index is 0.0988. The van der Waals surface area contributed by atoms with Gasteiger partial charge in [0.05, 0.1) is 0 Å². The summed E-state index contributed by atoms with van der Waals surface area (Å²) in [4.78, 5) is 25.7. The fourth-order valence-corrected chi connectivity index (χ4v) is 2.44. The molecule has 2 N–H and O–H groups in total. The maximum Gasteiger partial charge on any atom is 0.251 e. The number of aryl methyl sites for hydroxylation is 1. The van der Waals surface area contributed by atoms with Crippen molar-refractivity contribution in [3.8, 4) is 5.75 Å². The summed E-state index contributed by atoms with van der Waals surface area (Å²) in [6.07, 6.45) is 3.66. The summed E-state index contributed by atoms with van der Waals surface area (Å²) in [7, 11) is 0. The van der Waals surface area contributed by atoms with E-state index in [4.69, 9.17) is 0 Å². The Kier molecular flexibility index (Phi) is 5.20. The van der Waals surface area contributed by atoms with Gasteiger partial charge in [-0.25, -0.2) is 0 Å². The Morgan fingerprint density at radius 3 is 2.62 bits per heavy atom. The molecule has 1 aromatic carbocycles. The van der Waals surface area contributed by atoms with E-state index in [0.29, 0.717) is 18.5 Å². The average molecular weight is 290 g/mol. The van der Waals surface area contributed by atoms with Gasteiger partial charge in [0.15, 0.2) is 0 Å². The number of nitrogens with zero attached hydrogens (tertiary/aromatic N) is 1. The van der Waals surface area contributed by atoms with E-state index in [1.54, 1.807) is 19.1 Å². The molecule has 0 aliphatic carbocycles. The molecule has 0 radical (unpaired) electrons. The smallest absolute Gasteiger partial charge is 0.251 e. The van der Waals surface area contributed by atoms with Crippen molar-refractivity contribution in [1.29, 1.82) is 0 Å². The third-order valence-corrected chi connectivity index (χ3v) is 3.80. The zero-order valence-corrected chi connectivity index (χ0v) is 12.4. The van der Waals surface area contributed by atoms with Crippen molar-refractivity contribution >= 4 is 11.8 Å². The van der Waals surface area contributed by atoms with E-state index >= 15 is 0 Å². The number of aromatic hydroxyl groups is 1. The SMILES string of the molecule is Cc1ccc(C(=O)NCCC(=O)N2CCCCC2)cc1O. The van der Waals surface area contributed by atoms with Gasteiger partial charge in [0, 0.05) is 31.6 Å². The van der Waals surface area contributed by atoms with Crippen LogP contribution in [0.3, 0.4) is 0 Å². The molecule has 5 nitrogen and oxygen atoms in total. The molecule has 21 heavy (non-hydrogen) atoms. The normalized spacial score (nSPS) is 14.8. The van der Waals surface area contributed by atoms with Gasteiger partial charge in [-0.05, 0) is 43.9 Å². The number of hydrogen-bond acceptors (Lipinski definition) is 3. The summed E-state index contributed by atoms with van der Waals surface area (Å²) in [6, 6.07) is 4.80. The fourth-order valence-electron chi connectivity index (χ4n) is 2.44. The maximum absolute atomic E-state index is 11.9. The van der Waals surface area contributed by atoms with Crippen LogP contribution in [0.2, 0.25) is 0 Å². The predicted molar refractivity (Wildman–Crippen MR) is 80.2 cm³/mol.